The second-order valence-electron chi connectivity index (χ2n) is 4.88. The molecular formula is C16H12BrClN4O. The first-order chi connectivity index (χ1) is 11.0. The zero-order valence-electron chi connectivity index (χ0n) is 12.1. The summed E-state index contributed by atoms with van der Waals surface area (Å²) in [4.78, 5) is 16.4. The SMILES string of the molecule is Cc1cc(Br)cc(Cl)c1NC(=O)c1ncn(-c2ccccc2)n1. The maximum Gasteiger partial charge on any atom is 0.295 e. The van der Waals surface area contributed by atoms with E-state index in [2.05, 4.69) is 31.3 Å². The molecule has 0 bridgehead atoms. The summed E-state index contributed by atoms with van der Waals surface area (Å²) >= 11 is 9.54. The van der Waals surface area contributed by atoms with E-state index >= 15 is 0 Å². The van der Waals surface area contributed by atoms with Crippen molar-refractivity contribution in [2.24, 2.45) is 0 Å². The number of benzene rings is 2. The van der Waals surface area contributed by atoms with Crippen LogP contribution < -0.4 is 5.32 Å². The number of aromatic nitrogens is 3. The maximum atomic E-state index is 12.3. The van der Waals surface area contributed by atoms with Crippen molar-refractivity contribution in [1.29, 1.82) is 0 Å². The van der Waals surface area contributed by atoms with E-state index in [0.29, 0.717) is 10.7 Å². The number of nitrogens with zero attached hydrogens (tertiary/aromatic N) is 3. The van der Waals surface area contributed by atoms with Crippen molar-refractivity contribution in [3.63, 3.8) is 0 Å². The molecule has 0 atom stereocenters. The summed E-state index contributed by atoms with van der Waals surface area (Å²) in [6.45, 7) is 1.86. The minimum atomic E-state index is -0.410. The molecule has 0 aliphatic heterocycles. The number of amides is 1. The summed E-state index contributed by atoms with van der Waals surface area (Å²) in [5, 5.41) is 7.40. The highest BCUT2D eigenvalue weighted by atomic mass is 79.9. The first-order valence-corrected chi connectivity index (χ1v) is 7.96. The third-order valence-electron chi connectivity index (χ3n) is 3.21. The average molecular weight is 392 g/mol. The van der Waals surface area contributed by atoms with E-state index in [1.54, 1.807) is 10.7 Å². The largest absolute Gasteiger partial charge is 0.318 e. The summed E-state index contributed by atoms with van der Waals surface area (Å²) in [5.41, 5.74) is 2.23. The van der Waals surface area contributed by atoms with Crippen molar-refractivity contribution < 1.29 is 4.79 Å². The maximum absolute atomic E-state index is 12.3. The van der Waals surface area contributed by atoms with Crippen LogP contribution in [0.2, 0.25) is 5.02 Å². The number of anilines is 1. The Hall–Kier alpha value is -2.18. The van der Waals surface area contributed by atoms with Crippen molar-refractivity contribution in [3.8, 4) is 5.69 Å². The summed E-state index contributed by atoms with van der Waals surface area (Å²) < 4.78 is 2.40. The summed E-state index contributed by atoms with van der Waals surface area (Å²) in [6.07, 6.45) is 1.50. The van der Waals surface area contributed by atoms with Crippen LogP contribution in [0.4, 0.5) is 5.69 Å². The van der Waals surface area contributed by atoms with Crippen molar-refractivity contribution >= 4 is 39.1 Å². The quantitative estimate of drug-likeness (QED) is 0.726. The number of carbonyl (C=O) groups excluding carboxylic acids is 1. The van der Waals surface area contributed by atoms with Gasteiger partial charge < -0.3 is 5.32 Å². The number of hydrogen-bond donors (Lipinski definition) is 1. The van der Waals surface area contributed by atoms with E-state index in [9.17, 15) is 4.79 Å². The van der Waals surface area contributed by atoms with Gasteiger partial charge in [-0.1, -0.05) is 45.7 Å². The monoisotopic (exact) mass is 390 g/mol. The van der Waals surface area contributed by atoms with Crippen LogP contribution in [0.5, 0.6) is 0 Å². The molecule has 0 fully saturated rings. The van der Waals surface area contributed by atoms with Crippen LogP contribution >= 0.6 is 27.5 Å². The Bertz CT molecular complexity index is 841. The second kappa shape index (κ2) is 6.52. The number of hydrogen-bond acceptors (Lipinski definition) is 3. The van der Waals surface area contributed by atoms with Crippen LogP contribution in [-0.4, -0.2) is 20.7 Å². The van der Waals surface area contributed by atoms with Crippen molar-refractivity contribution in [2.75, 3.05) is 5.32 Å². The Morgan fingerprint density at radius 2 is 2.00 bits per heavy atom. The van der Waals surface area contributed by atoms with Gasteiger partial charge in [-0.15, -0.1) is 5.10 Å². The molecule has 0 spiro atoms. The minimum absolute atomic E-state index is 0.0761. The smallest absolute Gasteiger partial charge is 0.295 e. The van der Waals surface area contributed by atoms with Crippen molar-refractivity contribution in [3.05, 3.63) is 69.7 Å². The van der Waals surface area contributed by atoms with Crippen molar-refractivity contribution in [1.82, 2.24) is 14.8 Å². The second-order valence-corrected chi connectivity index (χ2v) is 6.20. The molecule has 0 aliphatic carbocycles. The van der Waals surface area contributed by atoms with Crippen LogP contribution in [-0.2, 0) is 0 Å². The molecule has 3 aromatic rings. The highest BCUT2D eigenvalue weighted by molar-refractivity contribution is 9.10. The van der Waals surface area contributed by atoms with Gasteiger partial charge in [0.15, 0.2) is 0 Å². The number of nitrogens with one attached hydrogen (secondary N) is 1. The summed E-state index contributed by atoms with van der Waals surface area (Å²) in [6, 6.07) is 13.0. The third-order valence-corrected chi connectivity index (χ3v) is 3.96. The lowest BCUT2D eigenvalue weighted by Gasteiger charge is -2.09. The predicted molar refractivity (Wildman–Crippen MR) is 93.2 cm³/mol. The number of halogens is 2. The van der Waals surface area contributed by atoms with Gasteiger partial charge in [-0.3, -0.25) is 4.79 Å². The molecule has 0 saturated heterocycles. The van der Waals surface area contributed by atoms with Crippen molar-refractivity contribution in [2.45, 2.75) is 6.92 Å². The van der Waals surface area contributed by atoms with Crippen LogP contribution in [0, 0.1) is 6.92 Å². The van der Waals surface area contributed by atoms with E-state index < -0.39 is 5.91 Å². The molecule has 1 N–H and O–H groups in total. The molecule has 1 aromatic heterocycles. The molecule has 0 radical (unpaired) electrons. The minimum Gasteiger partial charge on any atom is -0.318 e. The van der Waals surface area contributed by atoms with Gasteiger partial charge in [-0.05, 0) is 36.8 Å². The molecular weight excluding hydrogens is 380 g/mol. The fourth-order valence-electron chi connectivity index (χ4n) is 2.10. The number of para-hydroxylation sites is 1. The van der Waals surface area contributed by atoms with Gasteiger partial charge in [0.1, 0.15) is 6.33 Å². The fourth-order valence-corrected chi connectivity index (χ4v) is 3.12. The highest BCUT2D eigenvalue weighted by Gasteiger charge is 2.15. The molecule has 0 unspecified atom stereocenters. The van der Waals surface area contributed by atoms with Gasteiger partial charge in [0.2, 0.25) is 5.82 Å². The molecule has 116 valence electrons. The van der Waals surface area contributed by atoms with E-state index in [0.717, 1.165) is 15.7 Å². The van der Waals surface area contributed by atoms with E-state index in [-0.39, 0.29) is 5.82 Å². The fraction of sp³-hybridized carbons (Fsp3) is 0.0625. The van der Waals surface area contributed by atoms with E-state index in [1.165, 1.54) is 6.33 Å². The number of carbonyl (C=O) groups is 1. The molecule has 1 amide bonds. The van der Waals surface area contributed by atoms with Gasteiger partial charge in [-0.2, -0.15) is 0 Å². The van der Waals surface area contributed by atoms with Crippen LogP contribution in [0.1, 0.15) is 16.2 Å². The lowest BCUT2D eigenvalue weighted by atomic mass is 10.2. The topological polar surface area (TPSA) is 59.8 Å². The lowest BCUT2D eigenvalue weighted by Crippen LogP contribution is -2.15. The highest BCUT2D eigenvalue weighted by Crippen LogP contribution is 2.30. The summed E-state index contributed by atoms with van der Waals surface area (Å²) in [5.74, 6) is -0.334. The standard InChI is InChI=1S/C16H12BrClN4O/c1-10-7-11(17)8-13(18)14(10)20-16(23)15-19-9-22(21-15)12-5-3-2-4-6-12/h2-9H,1H3,(H,20,23). The molecule has 2 aromatic carbocycles. The zero-order chi connectivity index (χ0) is 16.4. The first kappa shape index (κ1) is 15.7. The lowest BCUT2D eigenvalue weighted by molar-refractivity contribution is 0.101. The average Bonchev–Trinajstić information content (AvgIpc) is 3.01. The molecule has 0 saturated carbocycles. The molecule has 7 heteroatoms. The van der Waals surface area contributed by atoms with E-state index in [4.69, 9.17) is 11.6 Å². The Morgan fingerprint density at radius 1 is 1.26 bits per heavy atom. The van der Waals surface area contributed by atoms with Gasteiger partial charge in [0.05, 0.1) is 16.4 Å². The normalized spacial score (nSPS) is 10.6. The summed E-state index contributed by atoms with van der Waals surface area (Å²) in [7, 11) is 0. The van der Waals surface area contributed by atoms with Crippen LogP contribution in [0.3, 0.4) is 0 Å². The Balaban J connectivity index is 1.84. The molecule has 0 aliphatic rings. The third kappa shape index (κ3) is 3.43. The van der Waals surface area contributed by atoms with Gasteiger partial charge in [0.25, 0.3) is 5.91 Å². The molecule has 3 rings (SSSR count). The Kier molecular flexibility index (Phi) is 4.45. The Labute approximate surface area is 146 Å². The zero-order valence-corrected chi connectivity index (χ0v) is 14.5. The number of rotatable bonds is 3. The van der Waals surface area contributed by atoms with Crippen LogP contribution in [0.25, 0.3) is 5.69 Å². The number of aryl methyl sites for hydroxylation is 1. The molecule has 1 heterocycles. The van der Waals surface area contributed by atoms with Gasteiger partial charge >= 0.3 is 0 Å². The predicted octanol–water partition coefficient (Wildman–Crippen LogP) is 4.24. The van der Waals surface area contributed by atoms with Gasteiger partial charge in [0, 0.05) is 4.47 Å². The molecule has 23 heavy (non-hydrogen) atoms. The first-order valence-electron chi connectivity index (χ1n) is 6.78. The molecule has 5 nitrogen and oxygen atoms in total. The van der Waals surface area contributed by atoms with Gasteiger partial charge in [-0.25, -0.2) is 9.67 Å². The van der Waals surface area contributed by atoms with E-state index in [1.807, 2.05) is 43.3 Å². The van der Waals surface area contributed by atoms with Crippen LogP contribution in [0.15, 0.2) is 53.3 Å². The Morgan fingerprint density at radius 3 is 2.70 bits per heavy atom.